The lowest BCUT2D eigenvalue weighted by atomic mass is 10.0. The number of carbonyl (C=O) groups is 2. The van der Waals surface area contributed by atoms with Gasteiger partial charge in [0.15, 0.2) is 0 Å². The van der Waals surface area contributed by atoms with Crippen LogP contribution in [0, 0.1) is 0 Å². The Bertz CT molecular complexity index is 1630. The first-order valence-electron chi connectivity index (χ1n) is 12.9. The van der Waals surface area contributed by atoms with E-state index in [1.165, 1.54) is 15.0 Å². The first-order valence-corrected chi connectivity index (χ1v) is 12.9. The van der Waals surface area contributed by atoms with Gasteiger partial charge in [-0.15, -0.1) is 5.10 Å². The highest BCUT2D eigenvalue weighted by molar-refractivity contribution is 5.98. The molecule has 10 nitrogen and oxygen atoms in total. The predicted octanol–water partition coefficient (Wildman–Crippen LogP) is 3.68. The third-order valence-corrected chi connectivity index (χ3v) is 6.65. The molecule has 1 unspecified atom stereocenters. The quantitative estimate of drug-likeness (QED) is 0.369. The van der Waals surface area contributed by atoms with Crippen LogP contribution < -0.4 is 21.9 Å². The summed E-state index contributed by atoms with van der Waals surface area (Å²) >= 11 is 0. The number of hydrogen-bond donors (Lipinski definition) is 2. The van der Waals surface area contributed by atoms with Crippen molar-refractivity contribution in [2.24, 2.45) is 0 Å². The molecular formula is C28H34N6O4. The zero-order chi connectivity index (χ0) is 27.7. The maximum absolute atomic E-state index is 13.5. The van der Waals surface area contributed by atoms with Gasteiger partial charge in [-0.25, -0.2) is 13.9 Å². The van der Waals surface area contributed by atoms with Crippen molar-refractivity contribution in [2.45, 2.75) is 72.5 Å². The van der Waals surface area contributed by atoms with Gasteiger partial charge < -0.3 is 10.6 Å². The maximum atomic E-state index is 13.5. The highest BCUT2D eigenvalue weighted by atomic mass is 16.2. The maximum Gasteiger partial charge on any atom is 0.352 e. The van der Waals surface area contributed by atoms with Gasteiger partial charge in [0, 0.05) is 23.3 Å². The van der Waals surface area contributed by atoms with Crippen LogP contribution in [0.25, 0.3) is 16.7 Å². The summed E-state index contributed by atoms with van der Waals surface area (Å²) in [6.07, 6.45) is 0.763. The molecule has 0 saturated carbocycles. The van der Waals surface area contributed by atoms with E-state index >= 15 is 0 Å². The monoisotopic (exact) mass is 518 g/mol. The third kappa shape index (κ3) is 5.11. The van der Waals surface area contributed by atoms with Crippen LogP contribution in [0.15, 0.2) is 52.1 Å². The zero-order valence-corrected chi connectivity index (χ0v) is 22.6. The van der Waals surface area contributed by atoms with Gasteiger partial charge in [0.2, 0.25) is 11.7 Å². The molecule has 2 aromatic carbocycles. The van der Waals surface area contributed by atoms with Crippen molar-refractivity contribution in [3.8, 4) is 0 Å². The molecule has 0 aliphatic rings. The summed E-state index contributed by atoms with van der Waals surface area (Å²) in [5.74, 6) is -0.252. The van der Waals surface area contributed by atoms with Crippen LogP contribution in [0.2, 0.25) is 0 Å². The Morgan fingerprint density at radius 2 is 1.66 bits per heavy atom. The lowest BCUT2D eigenvalue weighted by Crippen LogP contribution is -2.32. The van der Waals surface area contributed by atoms with Gasteiger partial charge in [0.05, 0.1) is 10.9 Å². The highest BCUT2D eigenvalue weighted by Crippen LogP contribution is 2.18. The van der Waals surface area contributed by atoms with Gasteiger partial charge >= 0.3 is 5.69 Å². The summed E-state index contributed by atoms with van der Waals surface area (Å²) < 4.78 is 3.75. The lowest BCUT2D eigenvalue weighted by molar-refractivity contribution is -0.117. The van der Waals surface area contributed by atoms with Crippen molar-refractivity contribution >= 4 is 34.2 Å². The fraction of sp³-hybridized carbons (Fsp3) is 0.393. The van der Waals surface area contributed by atoms with Crippen LogP contribution >= 0.6 is 0 Å². The number of nitrogens with zero attached hydrogens (tertiary/aromatic N) is 4. The summed E-state index contributed by atoms with van der Waals surface area (Å²) in [4.78, 5) is 52.5. The predicted molar refractivity (Wildman–Crippen MR) is 148 cm³/mol. The van der Waals surface area contributed by atoms with Crippen molar-refractivity contribution < 1.29 is 9.59 Å². The summed E-state index contributed by atoms with van der Waals surface area (Å²) in [5, 5.41) is 10.3. The molecule has 2 amide bonds. The number of aromatic nitrogens is 4. The summed E-state index contributed by atoms with van der Waals surface area (Å²) in [5.41, 5.74) is 1.43. The minimum absolute atomic E-state index is 0.0299. The second kappa shape index (κ2) is 10.6. The van der Waals surface area contributed by atoms with Gasteiger partial charge in [0.25, 0.3) is 11.5 Å². The van der Waals surface area contributed by atoms with E-state index in [-0.39, 0.29) is 46.8 Å². The number of hydrogen-bond acceptors (Lipinski definition) is 5. The molecule has 0 saturated heterocycles. The second-order valence-corrected chi connectivity index (χ2v) is 10.2. The van der Waals surface area contributed by atoms with Crippen molar-refractivity contribution in [3.05, 3.63) is 74.4 Å². The number of anilines is 1. The Morgan fingerprint density at radius 3 is 2.26 bits per heavy atom. The van der Waals surface area contributed by atoms with E-state index in [2.05, 4.69) is 29.6 Å². The number of rotatable bonds is 8. The normalized spacial score (nSPS) is 12.4. The molecule has 4 aromatic rings. The summed E-state index contributed by atoms with van der Waals surface area (Å²) in [7, 11) is 0. The van der Waals surface area contributed by atoms with Crippen LogP contribution in [0.4, 0.5) is 5.69 Å². The average molecular weight is 519 g/mol. The molecule has 0 bridgehead atoms. The molecule has 10 heteroatoms. The van der Waals surface area contributed by atoms with E-state index in [4.69, 9.17) is 0 Å². The molecule has 0 fully saturated rings. The van der Waals surface area contributed by atoms with Gasteiger partial charge in [-0.2, -0.15) is 0 Å². The summed E-state index contributed by atoms with van der Waals surface area (Å²) in [6, 6.07) is 11.8. The number of carbonyl (C=O) groups excluding carboxylic acids is 2. The van der Waals surface area contributed by atoms with E-state index in [0.29, 0.717) is 17.2 Å². The van der Waals surface area contributed by atoms with Crippen LogP contribution in [0.3, 0.4) is 0 Å². The van der Waals surface area contributed by atoms with E-state index < -0.39 is 11.6 Å². The largest absolute Gasteiger partial charge is 0.352 e. The number of amides is 2. The van der Waals surface area contributed by atoms with E-state index in [1.54, 1.807) is 12.1 Å². The number of benzene rings is 2. The van der Waals surface area contributed by atoms with Crippen molar-refractivity contribution in [1.82, 2.24) is 24.1 Å². The Morgan fingerprint density at radius 1 is 0.974 bits per heavy atom. The molecule has 0 aliphatic carbocycles. The van der Waals surface area contributed by atoms with Crippen LogP contribution in [-0.2, 0) is 11.3 Å². The molecule has 200 valence electrons. The van der Waals surface area contributed by atoms with Crippen molar-refractivity contribution in [3.63, 3.8) is 0 Å². The zero-order valence-electron chi connectivity index (χ0n) is 22.6. The second-order valence-electron chi connectivity index (χ2n) is 10.2. The number of fused-ring (bicyclic) bond motifs is 3. The number of nitrogens with one attached hydrogen (secondary N) is 2. The molecule has 0 aliphatic heterocycles. The molecule has 2 N–H and O–H groups in total. The van der Waals surface area contributed by atoms with Gasteiger partial charge in [-0.3, -0.25) is 19.0 Å². The highest BCUT2D eigenvalue weighted by Gasteiger charge is 2.21. The molecule has 2 heterocycles. The lowest BCUT2D eigenvalue weighted by Gasteiger charge is -2.14. The minimum Gasteiger partial charge on any atom is -0.350 e. The standard InChI is InChI=1S/C28H34N6O4/c1-7-18(6)29-25(36)20-10-13-22-23(14-20)34-27(33(17(4)5)26(22)37)31-32(28(34)38)15-24(35)30-21-11-8-19(9-12-21)16(2)3/h8-14,16-18H,7,15H2,1-6H3,(H,29,36)(H,30,35). The molecule has 2 aromatic heterocycles. The van der Waals surface area contributed by atoms with Crippen LogP contribution in [0.1, 0.15) is 75.8 Å². The Balaban J connectivity index is 1.77. The van der Waals surface area contributed by atoms with Crippen LogP contribution in [0.5, 0.6) is 0 Å². The summed E-state index contributed by atoms with van der Waals surface area (Å²) in [6.45, 7) is 11.3. The van der Waals surface area contributed by atoms with E-state index in [9.17, 15) is 19.2 Å². The molecule has 4 rings (SSSR count). The Hall–Kier alpha value is -4.21. The first kappa shape index (κ1) is 26.8. The fourth-order valence-electron chi connectivity index (χ4n) is 4.29. The van der Waals surface area contributed by atoms with E-state index in [1.807, 2.05) is 52.0 Å². The van der Waals surface area contributed by atoms with Gasteiger partial charge in [0.1, 0.15) is 6.54 Å². The topological polar surface area (TPSA) is 120 Å². The SMILES string of the molecule is CCC(C)NC(=O)c1ccc2c(=O)n(C(C)C)c3nn(CC(=O)Nc4ccc(C(C)C)cc4)c(=O)n3c2c1. The van der Waals surface area contributed by atoms with Gasteiger partial charge in [-0.05, 0) is 69.0 Å². The van der Waals surface area contributed by atoms with Gasteiger partial charge in [-0.1, -0.05) is 32.9 Å². The smallest absolute Gasteiger partial charge is 0.350 e. The average Bonchev–Trinajstić information content (AvgIpc) is 3.18. The molecule has 1 atom stereocenters. The van der Waals surface area contributed by atoms with Crippen LogP contribution in [-0.4, -0.2) is 36.6 Å². The minimum atomic E-state index is -0.579. The van der Waals surface area contributed by atoms with E-state index in [0.717, 1.165) is 16.7 Å². The van der Waals surface area contributed by atoms with Crippen molar-refractivity contribution in [2.75, 3.05) is 5.32 Å². The molecule has 0 radical (unpaired) electrons. The Labute approximate surface area is 220 Å². The fourth-order valence-corrected chi connectivity index (χ4v) is 4.29. The molecule has 0 spiro atoms. The Kier molecular flexibility index (Phi) is 7.52. The van der Waals surface area contributed by atoms with Crippen molar-refractivity contribution in [1.29, 1.82) is 0 Å². The molecular weight excluding hydrogens is 484 g/mol. The molecule has 38 heavy (non-hydrogen) atoms. The first-order chi connectivity index (χ1) is 18.0. The third-order valence-electron chi connectivity index (χ3n) is 6.65.